The molecule has 0 radical (unpaired) electrons. The standard InChI is InChI=1S/C27H34N2O5S.C24H27FN2O4S/c1-18(2)33-23-7-4-5-8-25(23)35(31,32)28-19-15-22-21(17-26(30)27(22)11-6-12-27)24(16-19)34-20-9-13-29(3)14-10-20;1-27-11-7-17(8-12-27)31-21-14-16(26-32(29,30)22-6-3-2-5-20(22)25)13-19-18(21)15-23(28)24(19)9-4-10-24/h4-5,7-8,15-16,18,20,28H,6,9-14,17H2,1-3H3;2-3,5-6,13-14,17,26H,4,7-12,15H2,1H3. The molecule has 2 N–H and O–H groups in total. The summed E-state index contributed by atoms with van der Waals surface area (Å²) in [5.74, 6) is 1.11. The van der Waals surface area contributed by atoms with E-state index in [-0.39, 0.29) is 34.8 Å². The van der Waals surface area contributed by atoms with Gasteiger partial charge in [-0.2, -0.15) is 0 Å². The molecule has 16 heteroatoms. The highest BCUT2D eigenvalue weighted by Crippen LogP contribution is 2.55. The van der Waals surface area contributed by atoms with Crippen LogP contribution in [-0.4, -0.2) is 96.8 Å². The van der Waals surface area contributed by atoms with Crippen molar-refractivity contribution < 1.29 is 45.0 Å². The Morgan fingerprint density at radius 2 is 1.03 bits per heavy atom. The number of rotatable bonds is 12. The summed E-state index contributed by atoms with van der Waals surface area (Å²) < 4.78 is 90.7. The third-order valence-electron chi connectivity index (χ3n) is 14.7. The molecular weight excluding hydrogens is 896 g/mol. The van der Waals surface area contributed by atoms with Gasteiger partial charge in [-0.1, -0.05) is 37.1 Å². The number of fused-ring (bicyclic) bond motifs is 4. The molecule has 2 heterocycles. The predicted molar refractivity (Wildman–Crippen MR) is 254 cm³/mol. The van der Waals surface area contributed by atoms with Crippen LogP contribution in [0, 0.1) is 5.82 Å². The first kappa shape index (κ1) is 47.1. The van der Waals surface area contributed by atoms with Crippen LogP contribution in [0.2, 0.25) is 0 Å². The molecule has 4 aliphatic carbocycles. The molecule has 0 unspecified atom stereocenters. The third kappa shape index (κ3) is 9.30. The number of sulfonamides is 2. The van der Waals surface area contributed by atoms with Crippen LogP contribution in [0.4, 0.5) is 15.8 Å². The van der Waals surface area contributed by atoms with Crippen molar-refractivity contribution in [2.75, 3.05) is 49.7 Å². The maximum atomic E-state index is 14.2. The minimum atomic E-state index is -4.13. The van der Waals surface area contributed by atoms with Gasteiger partial charge in [0.05, 0.1) is 28.3 Å². The van der Waals surface area contributed by atoms with Gasteiger partial charge in [0, 0.05) is 62.3 Å². The van der Waals surface area contributed by atoms with Gasteiger partial charge >= 0.3 is 0 Å². The van der Waals surface area contributed by atoms with Crippen LogP contribution in [0.1, 0.15) is 100 Å². The molecule has 2 saturated carbocycles. The Morgan fingerprint density at radius 3 is 1.45 bits per heavy atom. The number of anilines is 2. The number of piperidine rings is 2. The number of hydrogen-bond acceptors (Lipinski definition) is 11. The van der Waals surface area contributed by atoms with Gasteiger partial charge in [0.1, 0.15) is 56.6 Å². The molecule has 4 aromatic carbocycles. The number of nitrogens with zero attached hydrogens (tertiary/aromatic N) is 2. The Balaban J connectivity index is 0.000000169. The highest BCUT2D eigenvalue weighted by molar-refractivity contribution is 7.93. The molecule has 0 atom stereocenters. The Morgan fingerprint density at radius 1 is 0.612 bits per heavy atom. The van der Waals surface area contributed by atoms with Crippen molar-refractivity contribution in [1.29, 1.82) is 0 Å². The molecule has 358 valence electrons. The predicted octanol–water partition coefficient (Wildman–Crippen LogP) is 7.94. The van der Waals surface area contributed by atoms with E-state index >= 15 is 0 Å². The van der Waals surface area contributed by atoms with Crippen LogP contribution < -0.4 is 23.7 Å². The van der Waals surface area contributed by atoms with E-state index in [1.807, 2.05) is 19.9 Å². The number of benzene rings is 4. The van der Waals surface area contributed by atoms with Crippen molar-refractivity contribution in [2.45, 2.75) is 130 Å². The number of hydrogen-bond donors (Lipinski definition) is 2. The van der Waals surface area contributed by atoms with E-state index in [9.17, 15) is 30.8 Å². The summed E-state index contributed by atoms with van der Waals surface area (Å²) in [6.07, 6.45) is 9.28. The van der Waals surface area contributed by atoms with Crippen LogP contribution in [0.5, 0.6) is 17.2 Å². The zero-order chi connectivity index (χ0) is 47.3. The van der Waals surface area contributed by atoms with Crippen LogP contribution >= 0.6 is 0 Å². The topological polar surface area (TPSA) is 161 Å². The zero-order valence-electron chi connectivity index (χ0n) is 38.7. The lowest BCUT2D eigenvalue weighted by molar-refractivity contribution is -0.126. The number of nitrogens with one attached hydrogen (secondary N) is 2. The van der Waals surface area contributed by atoms with E-state index in [1.54, 1.807) is 42.5 Å². The number of ether oxygens (including phenoxy) is 3. The van der Waals surface area contributed by atoms with E-state index in [0.717, 1.165) is 119 Å². The highest BCUT2D eigenvalue weighted by atomic mass is 32.2. The molecule has 13 nitrogen and oxygen atoms in total. The first-order chi connectivity index (χ1) is 32.0. The van der Waals surface area contributed by atoms with Crippen molar-refractivity contribution in [1.82, 2.24) is 9.80 Å². The molecule has 4 fully saturated rings. The summed E-state index contributed by atoms with van der Waals surface area (Å²) in [5, 5.41) is 0. The monoisotopic (exact) mass is 956 g/mol. The van der Waals surface area contributed by atoms with Crippen molar-refractivity contribution in [3.05, 3.63) is 101 Å². The summed E-state index contributed by atoms with van der Waals surface area (Å²) in [5.41, 5.74) is 3.32. The summed E-state index contributed by atoms with van der Waals surface area (Å²) in [7, 11) is -3.88. The Kier molecular flexibility index (Phi) is 13.0. The maximum absolute atomic E-state index is 14.2. The molecule has 2 spiro atoms. The first-order valence-electron chi connectivity index (χ1n) is 23.6. The Labute approximate surface area is 393 Å². The summed E-state index contributed by atoms with van der Waals surface area (Å²) in [6, 6.07) is 18.9. The van der Waals surface area contributed by atoms with Crippen LogP contribution in [-0.2, 0) is 53.3 Å². The van der Waals surface area contributed by atoms with E-state index in [1.165, 1.54) is 18.2 Å². The molecule has 67 heavy (non-hydrogen) atoms. The van der Waals surface area contributed by atoms with Gasteiger partial charge in [-0.05, 0) is 127 Å². The fourth-order valence-corrected chi connectivity index (χ4v) is 12.9. The molecule has 2 aliphatic heterocycles. The molecule has 0 amide bonds. The molecule has 4 aromatic rings. The van der Waals surface area contributed by atoms with Crippen molar-refractivity contribution in [2.24, 2.45) is 0 Å². The van der Waals surface area contributed by atoms with Gasteiger partial charge in [0.25, 0.3) is 20.0 Å². The lowest BCUT2D eigenvalue weighted by atomic mass is 9.64. The van der Waals surface area contributed by atoms with E-state index in [4.69, 9.17) is 14.2 Å². The smallest absolute Gasteiger partial charge is 0.265 e. The van der Waals surface area contributed by atoms with Crippen molar-refractivity contribution in [3.63, 3.8) is 0 Å². The fraction of sp³-hybridized carbons (Fsp3) is 0.490. The Hall–Kier alpha value is -5.03. The second kappa shape index (κ2) is 18.5. The average molecular weight is 957 g/mol. The third-order valence-corrected chi connectivity index (χ3v) is 17.5. The van der Waals surface area contributed by atoms with E-state index in [0.29, 0.717) is 41.5 Å². The minimum absolute atomic E-state index is 0.0155. The lowest BCUT2D eigenvalue weighted by Gasteiger charge is -2.38. The number of likely N-dealkylation sites (tertiary alicyclic amines) is 2. The minimum Gasteiger partial charge on any atom is -0.490 e. The normalized spacial score (nSPS) is 20.4. The molecule has 6 aliphatic rings. The summed E-state index contributed by atoms with van der Waals surface area (Å²) >= 11 is 0. The SMILES string of the molecule is CC(C)Oc1ccccc1S(=O)(=O)Nc1cc(OC2CCN(C)CC2)c2c(c1)C1(CCC1)C(=O)C2.CN1CCC(Oc2cc(NS(=O)(=O)c3ccccc3F)cc3c2CC(=O)C32CCC2)CC1. The quantitative estimate of drug-likeness (QED) is 0.142. The van der Waals surface area contributed by atoms with Gasteiger partial charge in [-0.3, -0.25) is 19.0 Å². The number of carbonyl (C=O) groups is 2. The second-order valence-corrected chi connectivity index (χ2v) is 22.9. The largest absolute Gasteiger partial charge is 0.490 e. The van der Waals surface area contributed by atoms with E-state index < -0.39 is 41.6 Å². The van der Waals surface area contributed by atoms with Crippen molar-refractivity contribution >= 4 is 43.0 Å². The second-order valence-electron chi connectivity index (χ2n) is 19.6. The highest BCUT2D eigenvalue weighted by Gasteiger charge is 2.53. The summed E-state index contributed by atoms with van der Waals surface area (Å²) in [4.78, 5) is 30.2. The van der Waals surface area contributed by atoms with Gasteiger partial charge in [0.15, 0.2) is 0 Å². The number of ketones is 2. The van der Waals surface area contributed by atoms with Gasteiger partial charge in [0.2, 0.25) is 0 Å². The molecule has 2 saturated heterocycles. The lowest BCUT2D eigenvalue weighted by Crippen LogP contribution is -2.39. The molecule has 0 bridgehead atoms. The molecule has 0 aromatic heterocycles. The first-order valence-corrected chi connectivity index (χ1v) is 26.6. The Bertz CT molecular complexity index is 2780. The molecule has 10 rings (SSSR count). The van der Waals surface area contributed by atoms with Gasteiger partial charge < -0.3 is 24.0 Å². The average Bonchev–Trinajstić information content (AvgIpc) is 3.73. The van der Waals surface area contributed by atoms with Gasteiger partial charge in [-0.25, -0.2) is 21.2 Å². The number of carbonyl (C=O) groups excluding carboxylic acids is 2. The maximum Gasteiger partial charge on any atom is 0.265 e. The number of Topliss-reactive ketones (excluding diaryl/α,β-unsaturated/α-hetero) is 2. The van der Waals surface area contributed by atoms with Crippen LogP contribution in [0.15, 0.2) is 82.6 Å². The van der Waals surface area contributed by atoms with Crippen LogP contribution in [0.25, 0.3) is 0 Å². The van der Waals surface area contributed by atoms with Crippen molar-refractivity contribution in [3.8, 4) is 17.2 Å². The van der Waals surface area contributed by atoms with Crippen LogP contribution in [0.3, 0.4) is 0 Å². The zero-order valence-corrected chi connectivity index (χ0v) is 40.4. The number of halogens is 1. The summed E-state index contributed by atoms with van der Waals surface area (Å²) in [6.45, 7) is 7.48. The number of para-hydroxylation sites is 1. The fourth-order valence-electron chi connectivity index (χ4n) is 10.6. The van der Waals surface area contributed by atoms with Gasteiger partial charge in [-0.15, -0.1) is 0 Å². The molecular formula is C51H61FN4O9S2. The van der Waals surface area contributed by atoms with E-state index in [2.05, 4.69) is 33.3 Å².